The average molecular weight is 372 g/mol. The van der Waals surface area contributed by atoms with E-state index in [0.717, 1.165) is 36.9 Å². The maximum absolute atomic E-state index is 12.6. The van der Waals surface area contributed by atoms with Crippen LogP contribution in [0.4, 0.5) is 5.69 Å². The van der Waals surface area contributed by atoms with Crippen LogP contribution in [-0.4, -0.2) is 32.1 Å². The van der Waals surface area contributed by atoms with E-state index in [0.29, 0.717) is 18.5 Å². The van der Waals surface area contributed by atoms with Gasteiger partial charge in [0.25, 0.3) is 5.91 Å². The van der Waals surface area contributed by atoms with Crippen LogP contribution < -0.4 is 11.1 Å². The van der Waals surface area contributed by atoms with Crippen LogP contribution in [0.25, 0.3) is 5.52 Å². The molecule has 1 aliphatic rings. The zero-order valence-electron chi connectivity index (χ0n) is 16.0. The lowest BCUT2D eigenvalue weighted by Crippen LogP contribution is -2.26. The van der Waals surface area contributed by atoms with Crippen molar-refractivity contribution >= 4 is 23.0 Å². The van der Waals surface area contributed by atoms with E-state index in [-0.39, 0.29) is 17.4 Å². The Kier molecular flexibility index (Phi) is 5.51. The number of hydrogen-bond acceptors (Lipinski definition) is 4. The topological polar surface area (TPSA) is 110 Å². The Morgan fingerprint density at radius 3 is 2.63 bits per heavy atom. The Labute approximate surface area is 158 Å². The van der Waals surface area contributed by atoms with Gasteiger partial charge in [0.05, 0.1) is 28.1 Å². The molecule has 1 fully saturated rings. The number of nitrogens with one attached hydrogen (secondary N) is 1. The van der Waals surface area contributed by atoms with Gasteiger partial charge in [0.15, 0.2) is 0 Å². The number of carbonyl (C=O) groups is 2. The zero-order chi connectivity index (χ0) is 19.6. The van der Waals surface area contributed by atoms with E-state index in [9.17, 15) is 14.7 Å². The molecule has 0 radical (unpaired) electrons. The first kappa shape index (κ1) is 19.4. The highest BCUT2D eigenvalue weighted by atomic mass is 16.3. The van der Waals surface area contributed by atoms with Gasteiger partial charge < -0.3 is 16.2 Å². The molecule has 0 bridgehead atoms. The van der Waals surface area contributed by atoms with Gasteiger partial charge in [-0.15, -0.1) is 0 Å². The van der Waals surface area contributed by atoms with Gasteiger partial charge in [-0.05, 0) is 51.7 Å². The number of amides is 2. The molecule has 27 heavy (non-hydrogen) atoms. The van der Waals surface area contributed by atoms with E-state index >= 15 is 0 Å². The average Bonchev–Trinajstić information content (AvgIpc) is 3.01. The number of rotatable bonds is 6. The van der Waals surface area contributed by atoms with E-state index < -0.39 is 11.5 Å². The fraction of sp³-hybridized carbons (Fsp3) is 0.550. The molecule has 1 aliphatic carbocycles. The third-order valence-electron chi connectivity index (χ3n) is 5.14. The van der Waals surface area contributed by atoms with Crippen molar-refractivity contribution in [3.63, 3.8) is 0 Å². The second-order valence-corrected chi connectivity index (χ2v) is 8.11. The Morgan fingerprint density at radius 1 is 1.30 bits per heavy atom. The van der Waals surface area contributed by atoms with E-state index in [1.807, 2.05) is 6.07 Å². The number of nitrogens with two attached hydrogens (primary N) is 1. The standard InChI is InChI=1S/C20H28N4O3/c1-20(2,27)9-8-14-10-15-11-17(16(18(21)25)12-24(15)23-14)22-19(26)13-6-4-3-5-7-13/h10-13,27H,3-9H2,1-2H3,(H2,21,25)(H,22,26). The van der Waals surface area contributed by atoms with Gasteiger partial charge >= 0.3 is 0 Å². The summed E-state index contributed by atoms with van der Waals surface area (Å²) in [6, 6.07) is 3.63. The minimum atomic E-state index is -0.771. The molecular formula is C20H28N4O3. The predicted octanol–water partition coefficient (Wildman–Crippen LogP) is 2.66. The van der Waals surface area contributed by atoms with Crippen molar-refractivity contribution < 1.29 is 14.7 Å². The van der Waals surface area contributed by atoms with Crippen LogP contribution in [0.1, 0.15) is 68.4 Å². The van der Waals surface area contributed by atoms with Gasteiger partial charge in [0.2, 0.25) is 5.91 Å². The van der Waals surface area contributed by atoms with Crippen molar-refractivity contribution in [1.82, 2.24) is 9.61 Å². The maximum Gasteiger partial charge on any atom is 0.252 e. The number of aliphatic hydroxyl groups is 1. The van der Waals surface area contributed by atoms with E-state index in [2.05, 4.69) is 10.4 Å². The highest BCUT2D eigenvalue weighted by Gasteiger charge is 2.23. The normalized spacial score (nSPS) is 15.8. The maximum atomic E-state index is 12.6. The minimum Gasteiger partial charge on any atom is -0.390 e. The third-order valence-corrected chi connectivity index (χ3v) is 5.14. The van der Waals surface area contributed by atoms with Crippen molar-refractivity contribution in [2.75, 3.05) is 5.32 Å². The molecule has 0 atom stereocenters. The first-order chi connectivity index (χ1) is 12.7. The summed E-state index contributed by atoms with van der Waals surface area (Å²) in [7, 11) is 0. The summed E-state index contributed by atoms with van der Waals surface area (Å²) in [6.07, 6.45) is 7.81. The summed E-state index contributed by atoms with van der Waals surface area (Å²) >= 11 is 0. The van der Waals surface area contributed by atoms with Crippen LogP contribution in [0.3, 0.4) is 0 Å². The van der Waals surface area contributed by atoms with Crippen LogP contribution in [0.2, 0.25) is 0 Å². The number of primary amides is 1. The molecule has 0 aromatic carbocycles. The SMILES string of the molecule is CC(C)(O)CCc1cc2cc(NC(=O)C3CCCCC3)c(C(N)=O)cn2n1. The van der Waals surface area contributed by atoms with Crippen molar-refractivity contribution in [2.24, 2.45) is 11.7 Å². The largest absolute Gasteiger partial charge is 0.390 e. The summed E-state index contributed by atoms with van der Waals surface area (Å²) in [5, 5.41) is 17.2. The van der Waals surface area contributed by atoms with E-state index in [1.165, 1.54) is 6.42 Å². The number of carbonyl (C=O) groups excluding carboxylic acids is 2. The Balaban J connectivity index is 1.85. The smallest absolute Gasteiger partial charge is 0.252 e. The second kappa shape index (κ2) is 7.68. The van der Waals surface area contributed by atoms with Crippen LogP contribution in [0.15, 0.2) is 18.3 Å². The molecular weight excluding hydrogens is 344 g/mol. The predicted molar refractivity (Wildman–Crippen MR) is 104 cm³/mol. The Hall–Kier alpha value is -2.41. The van der Waals surface area contributed by atoms with Gasteiger partial charge in [-0.25, -0.2) is 4.52 Å². The summed E-state index contributed by atoms with van der Waals surface area (Å²) in [6.45, 7) is 3.51. The lowest BCUT2D eigenvalue weighted by Gasteiger charge is -2.21. The molecule has 2 heterocycles. The number of nitrogens with zero attached hydrogens (tertiary/aromatic N) is 2. The lowest BCUT2D eigenvalue weighted by molar-refractivity contribution is -0.120. The number of anilines is 1. The highest BCUT2D eigenvalue weighted by molar-refractivity contribution is 6.04. The number of hydrogen-bond donors (Lipinski definition) is 3. The lowest BCUT2D eigenvalue weighted by atomic mass is 9.88. The summed E-state index contributed by atoms with van der Waals surface area (Å²) in [5.74, 6) is -0.671. The molecule has 2 aromatic heterocycles. The number of pyridine rings is 1. The van der Waals surface area contributed by atoms with E-state index in [1.54, 1.807) is 30.6 Å². The summed E-state index contributed by atoms with van der Waals surface area (Å²) in [4.78, 5) is 24.5. The van der Waals surface area contributed by atoms with Crippen LogP contribution in [-0.2, 0) is 11.2 Å². The molecule has 7 nitrogen and oxygen atoms in total. The van der Waals surface area contributed by atoms with Crippen molar-refractivity contribution in [3.8, 4) is 0 Å². The van der Waals surface area contributed by atoms with Gasteiger partial charge in [-0.1, -0.05) is 19.3 Å². The monoisotopic (exact) mass is 372 g/mol. The van der Waals surface area contributed by atoms with Crippen LogP contribution in [0.5, 0.6) is 0 Å². The summed E-state index contributed by atoms with van der Waals surface area (Å²) in [5.41, 5.74) is 6.99. The number of fused-ring (bicyclic) bond motifs is 1. The Morgan fingerprint density at radius 2 is 2.00 bits per heavy atom. The van der Waals surface area contributed by atoms with Gasteiger partial charge in [0, 0.05) is 12.1 Å². The number of aryl methyl sites for hydroxylation is 1. The molecule has 7 heteroatoms. The van der Waals surface area contributed by atoms with Crippen molar-refractivity contribution in [3.05, 3.63) is 29.6 Å². The highest BCUT2D eigenvalue weighted by Crippen LogP contribution is 2.26. The molecule has 2 aromatic rings. The molecule has 4 N–H and O–H groups in total. The second-order valence-electron chi connectivity index (χ2n) is 8.11. The van der Waals surface area contributed by atoms with E-state index in [4.69, 9.17) is 5.73 Å². The molecule has 2 amide bonds. The quantitative estimate of drug-likeness (QED) is 0.724. The molecule has 1 saturated carbocycles. The molecule has 0 saturated heterocycles. The van der Waals surface area contributed by atoms with Crippen molar-refractivity contribution in [2.45, 2.75) is 64.4 Å². The zero-order valence-corrected chi connectivity index (χ0v) is 16.0. The first-order valence-corrected chi connectivity index (χ1v) is 9.58. The third kappa shape index (κ3) is 4.86. The fourth-order valence-corrected chi connectivity index (χ4v) is 3.55. The molecule has 0 aliphatic heterocycles. The van der Waals surface area contributed by atoms with Gasteiger partial charge in [-0.3, -0.25) is 9.59 Å². The minimum absolute atomic E-state index is 0.0111. The van der Waals surface area contributed by atoms with Crippen molar-refractivity contribution in [1.29, 1.82) is 0 Å². The Bertz CT molecular complexity index is 845. The summed E-state index contributed by atoms with van der Waals surface area (Å²) < 4.78 is 1.59. The van der Waals surface area contributed by atoms with Gasteiger partial charge in [-0.2, -0.15) is 5.10 Å². The fourth-order valence-electron chi connectivity index (χ4n) is 3.55. The molecule has 3 rings (SSSR count). The first-order valence-electron chi connectivity index (χ1n) is 9.58. The van der Waals surface area contributed by atoms with Crippen LogP contribution >= 0.6 is 0 Å². The molecule has 0 spiro atoms. The molecule has 146 valence electrons. The van der Waals surface area contributed by atoms with Crippen LogP contribution in [0, 0.1) is 5.92 Å². The molecule has 0 unspecified atom stereocenters. The van der Waals surface area contributed by atoms with Gasteiger partial charge in [0.1, 0.15) is 0 Å². The number of aromatic nitrogens is 2.